The minimum atomic E-state index is -1.02. The number of aromatic nitrogens is 1. The SMILES string of the molecule is CCCCCCCC[C@H](CC[C@@H]([N-]c1ccc[nH]1)/C(=C/C(=O)O)CN=C(N)N)Cc1ccccc1. The molecule has 35 heavy (non-hydrogen) atoms. The summed E-state index contributed by atoms with van der Waals surface area (Å²) in [5.41, 5.74) is 13.0. The minimum Gasteiger partial charge on any atom is -0.478 e. The molecule has 6 N–H and O–H groups in total. The van der Waals surface area contributed by atoms with Crippen LogP contribution in [0.1, 0.15) is 70.3 Å². The van der Waals surface area contributed by atoms with Gasteiger partial charge in [0.05, 0.1) is 6.54 Å². The second-order valence-electron chi connectivity index (χ2n) is 9.19. The van der Waals surface area contributed by atoms with Gasteiger partial charge >= 0.3 is 5.97 Å². The van der Waals surface area contributed by atoms with E-state index in [4.69, 9.17) is 16.8 Å². The van der Waals surface area contributed by atoms with Gasteiger partial charge in [-0.25, -0.2) is 9.79 Å². The normalized spacial score (nSPS) is 13.2. The largest absolute Gasteiger partial charge is 0.478 e. The van der Waals surface area contributed by atoms with Crippen LogP contribution in [-0.4, -0.2) is 34.6 Å². The predicted octanol–water partition coefficient (Wildman–Crippen LogP) is 6.06. The molecule has 0 amide bonds. The van der Waals surface area contributed by atoms with E-state index in [0.717, 1.165) is 25.7 Å². The van der Waals surface area contributed by atoms with E-state index in [9.17, 15) is 9.90 Å². The first-order valence-corrected chi connectivity index (χ1v) is 12.8. The number of nitrogens with one attached hydrogen (secondary N) is 1. The van der Waals surface area contributed by atoms with Crippen LogP contribution in [0.2, 0.25) is 0 Å². The molecule has 0 fully saturated rings. The van der Waals surface area contributed by atoms with Crippen molar-refractivity contribution in [1.29, 1.82) is 0 Å². The summed E-state index contributed by atoms with van der Waals surface area (Å²) in [6, 6.07) is 14.0. The molecule has 2 rings (SSSR count). The Balaban J connectivity index is 2.12. The number of hydrogen-bond donors (Lipinski definition) is 4. The summed E-state index contributed by atoms with van der Waals surface area (Å²) in [6.07, 6.45) is 14.5. The van der Waals surface area contributed by atoms with Crippen LogP contribution in [0.4, 0.5) is 5.82 Å². The molecule has 1 heterocycles. The topological polar surface area (TPSA) is 132 Å². The van der Waals surface area contributed by atoms with Gasteiger partial charge in [-0.2, -0.15) is 0 Å². The summed E-state index contributed by atoms with van der Waals surface area (Å²) in [5.74, 6) is 0.126. The fraction of sp³-hybridized carbons (Fsp3) is 0.500. The van der Waals surface area contributed by atoms with E-state index in [0.29, 0.717) is 17.3 Å². The van der Waals surface area contributed by atoms with E-state index in [-0.39, 0.29) is 18.5 Å². The maximum Gasteiger partial charge on any atom is 0.328 e. The fourth-order valence-electron chi connectivity index (χ4n) is 4.39. The summed E-state index contributed by atoms with van der Waals surface area (Å²) >= 11 is 0. The van der Waals surface area contributed by atoms with Gasteiger partial charge in [-0.3, -0.25) is 0 Å². The average Bonchev–Trinajstić information content (AvgIpc) is 3.35. The Hall–Kier alpha value is -3.22. The molecule has 192 valence electrons. The average molecular weight is 481 g/mol. The van der Waals surface area contributed by atoms with Gasteiger partial charge in [0.2, 0.25) is 0 Å². The monoisotopic (exact) mass is 480 g/mol. The zero-order valence-electron chi connectivity index (χ0n) is 21.0. The van der Waals surface area contributed by atoms with Crippen LogP contribution in [0.25, 0.3) is 5.32 Å². The molecule has 7 heteroatoms. The van der Waals surface area contributed by atoms with Crippen molar-refractivity contribution in [3.05, 3.63) is 71.2 Å². The third-order valence-electron chi connectivity index (χ3n) is 6.24. The number of aliphatic carboxylic acids is 1. The highest BCUT2D eigenvalue weighted by Gasteiger charge is 2.17. The summed E-state index contributed by atoms with van der Waals surface area (Å²) in [4.78, 5) is 18.7. The first-order valence-electron chi connectivity index (χ1n) is 12.8. The first-order chi connectivity index (χ1) is 17.0. The van der Waals surface area contributed by atoms with Crippen LogP contribution < -0.4 is 11.5 Å². The molecule has 0 saturated heterocycles. The van der Waals surface area contributed by atoms with E-state index in [2.05, 4.69) is 41.2 Å². The quantitative estimate of drug-likeness (QED) is 0.0893. The maximum absolute atomic E-state index is 11.6. The van der Waals surface area contributed by atoms with Crippen molar-refractivity contribution in [2.45, 2.75) is 77.2 Å². The van der Waals surface area contributed by atoms with Gasteiger partial charge in [-0.1, -0.05) is 106 Å². The van der Waals surface area contributed by atoms with Crippen molar-refractivity contribution >= 4 is 17.7 Å². The lowest BCUT2D eigenvalue weighted by Crippen LogP contribution is -2.24. The lowest BCUT2D eigenvalue weighted by Gasteiger charge is -2.29. The molecule has 0 aliphatic carbocycles. The van der Waals surface area contributed by atoms with Crippen LogP contribution in [-0.2, 0) is 11.2 Å². The van der Waals surface area contributed by atoms with E-state index in [1.807, 2.05) is 24.4 Å². The van der Waals surface area contributed by atoms with Crippen molar-refractivity contribution in [2.24, 2.45) is 22.4 Å². The van der Waals surface area contributed by atoms with Crippen molar-refractivity contribution in [2.75, 3.05) is 6.54 Å². The molecule has 0 saturated carbocycles. The van der Waals surface area contributed by atoms with E-state index < -0.39 is 5.97 Å². The van der Waals surface area contributed by atoms with Crippen molar-refractivity contribution in [3.63, 3.8) is 0 Å². The van der Waals surface area contributed by atoms with Gasteiger partial charge in [0, 0.05) is 6.08 Å². The molecular weight excluding hydrogens is 438 g/mol. The number of H-pyrrole nitrogens is 1. The summed E-state index contributed by atoms with van der Waals surface area (Å²) < 4.78 is 0. The Kier molecular flexibility index (Phi) is 13.1. The lowest BCUT2D eigenvalue weighted by atomic mass is 9.87. The summed E-state index contributed by atoms with van der Waals surface area (Å²) in [5, 5.41) is 14.3. The number of guanidine groups is 1. The molecule has 1 aromatic carbocycles. The van der Waals surface area contributed by atoms with Crippen LogP contribution in [0, 0.1) is 5.92 Å². The number of carbonyl (C=O) groups is 1. The number of hydrogen-bond acceptors (Lipinski definition) is 2. The van der Waals surface area contributed by atoms with Crippen LogP contribution in [0.15, 0.2) is 65.3 Å². The zero-order valence-corrected chi connectivity index (χ0v) is 21.0. The number of aliphatic imine (C=N–C) groups is 1. The minimum absolute atomic E-state index is 0.0649. The van der Waals surface area contributed by atoms with Gasteiger partial charge in [-0.05, 0) is 42.4 Å². The zero-order chi connectivity index (χ0) is 25.3. The van der Waals surface area contributed by atoms with Gasteiger partial charge in [0.1, 0.15) is 0 Å². The third kappa shape index (κ3) is 12.2. The standard InChI is InChI=1S/C28H42N5O2/c1-2-3-4-5-6-8-14-23(19-22-12-9-7-10-13-22)16-17-25(33-26-15-11-18-31-26)24(20-27(34)35)21-32-28(29)30/h7,9-13,15,18,20,23,25,31H,2-6,8,14,16-17,19,21H2,1H3,(H,34,35)(H4,29,30,32)/q-1/b24-20+/t23-,25-/m1/s1. The molecular formula is C28H42N5O2-. The van der Waals surface area contributed by atoms with E-state index in [1.165, 1.54) is 50.2 Å². The van der Waals surface area contributed by atoms with Crippen LogP contribution in [0.3, 0.4) is 0 Å². The molecule has 7 nitrogen and oxygen atoms in total. The second-order valence-corrected chi connectivity index (χ2v) is 9.19. The molecule has 2 aromatic rings. The molecule has 0 aliphatic rings. The highest BCUT2D eigenvalue weighted by atomic mass is 16.4. The molecule has 0 unspecified atom stereocenters. The van der Waals surface area contributed by atoms with Crippen molar-refractivity contribution < 1.29 is 9.90 Å². The Morgan fingerprint density at radius 3 is 2.43 bits per heavy atom. The van der Waals surface area contributed by atoms with Crippen molar-refractivity contribution in [3.8, 4) is 0 Å². The molecule has 0 aliphatic heterocycles. The smallest absolute Gasteiger partial charge is 0.328 e. The number of benzene rings is 1. The number of carboxylic acid groups (broad SMARTS) is 1. The third-order valence-corrected chi connectivity index (χ3v) is 6.24. The number of unbranched alkanes of at least 4 members (excludes halogenated alkanes) is 5. The fourth-order valence-corrected chi connectivity index (χ4v) is 4.39. The van der Waals surface area contributed by atoms with Gasteiger partial charge in [0.25, 0.3) is 0 Å². The Morgan fingerprint density at radius 1 is 1.03 bits per heavy atom. The van der Waals surface area contributed by atoms with Gasteiger partial charge < -0.3 is 26.9 Å². The lowest BCUT2D eigenvalue weighted by molar-refractivity contribution is -0.131. The molecule has 1 aromatic heterocycles. The number of aromatic amines is 1. The Bertz CT molecular complexity index is 889. The molecule has 0 radical (unpaired) electrons. The number of carboxylic acids is 1. The molecule has 0 spiro atoms. The van der Waals surface area contributed by atoms with E-state index in [1.54, 1.807) is 0 Å². The highest BCUT2D eigenvalue weighted by molar-refractivity contribution is 5.81. The van der Waals surface area contributed by atoms with Gasteiger partial charge in [0.15, 0.2) is 5.96 Å². The highest BCUT2D eigenvalue weighted by Crippen LogP contribution is 2.30. The predicted molar refractivity (Wildman–Crippen MR) is 145 cm³/mol. The summed E-state index contributed by atoms with van der Waals surface area (Å²) in [7, 11) is 0. The first kappa shape index (κ1) is 28.0. The number of rotatable bonds is 18. The summed E-state index contributed by atoms with van der Waals surface area (Å²) in [6.45, 7) is 2.36. The molecule has 0 bridgehead atoms. The number of nitrogens with zero attached hydrogens (tertiary/aromatic N) is 2. The Labute approximate surface area is 210 Å². The van der Waals surface area contributed by atoms with Gasteiger partial charge in [-0.15, -0.1) is 0 Å². The Morgan fingerprint density at radius 2 is 1.77 bits per heavy atom. The van der Waals surface area contributed by atoms with Crippen LogP contribution in [0.5, 0.6) is 0 Å². The second kappa shape index (κ2) is 16.4. The number of nitrogens with two attached hydrogens (primary N) is 2. The van der Waals surface area contributed by atoms with Crippen LogP contribution >= 0.6 is 0 Å². The van der Waals surface area contributed by atoms with E-state index >= 15 is 0 Å². The molecule has 2 atom stereocenters. The van der Waals surface area contributed by atoms with Crippen molar-refractivity contribution in [1.82, 2.24) is 4.98 Å². The maximum atomic E-state index is 11.6.